The van der Waals surface area contributed by atoms with Crippen LogP contribution in [0.4, 0.5) is 0 Å². The van der Waals surface area contributed by atoms with Crippen molar-refractivity contribution in [2.24, 2.45) is 0 Å². The molecule has 0 aliphatic heterocycles. The van der Waals surface area contributed by atoms with E-state index in [0.717, 1.165) is 26.2 Å². The van der Waals surface area contributed by atoms with Crippen LogP contribution in [0.1, 0.15) is 49.7 Å². The lowest BCUT2D eigenvalue weighted by Gasteiger charge is -2.06. The Bertz CT molecular complexity index is 466. The molecule has 4 nitrogen and oxygen atoms in total. The lowest BCUT2D eigenvalue weighted by molar-refractivity contribution is 0.549. The Kier molecular flexibility index (Phi) is 9.76. The average molecular weight is 326 g/mol. The topological polar surface area (TPSA) is 49.8 Å². The summed E-state index contributed by atoms with van der Waals surface area (Å²) in [5.41, 5.74) is 2.52. The number of aromatic nitrogens is 2. The van der Waals surface area contributed by atoms with Gasteiger partial charge in [0, 0.05) is 37.9 Å². The number of rotatable bonds is 13. The van der Waals surface area contributed by atoms with Gasteiger partial charge < -0.3 is 10.6 Å². The normalized spacial score (nSPS) is 10.8. The molecule has 0 spiro atoms. The zero-order valence-electron chi connectivity index (χ0n) is 14.6. The maximum atomic E-state index is 4.12. The van der Waals surface area contributed by atoms with Gasteiger partial charge in [0.05, 0.1) is 0 Å². The summed E-state index contributed by atoms with van der Waals surface area (Å²) in [6.45, 7) is 4.05. The van der Waals surface area contributed by atoms with E-state index in [9.17, 15) is 0 Å². The molecule has 0 bridgehead atoms. The van der Waals surface area contributed by atoms with E-state index in [1.54, 1.807) is 0 Å². The van der Waals surface area contributed by atoms with Gasteiger partial charge >= 0.3 is 0 Å². The van der Waals surface area contributed by atoms with Crippen molar-refractivity contribution < 1.29 is 0 Å². The van der Waals surface area contributed by atoms with Gasteiger partial charge in [-0.15, -0.1) is 0 Å². The van der Waals surface area contributed by atoms with Crippen molar-refractivity contribution in [3.8, 4) is 0 Å². The number of hydrogen-bond acceptors (Lipinski definition) is 4. The Hall–Kier alpha value is -1.78. The largest absolute Gasteiger partial charge is 0.313 e. The predicted octanol–water partition coefficient (Wildman–Crippen LogP) is 3.70. The molecule has 0 amide bonds. The van der Waals surface area contributed by atoms with Crippen molar-refractivity contribution in [2.45, 2.75) is 51.6 Å². The highest BCUT2D eigenvalue weighted by Crippen LogP contribution is 2.05. The van der Waals surface area contributed by atoms with Crippen LogP contribution in [0.15, 0.2) is 49.1 Å². The Morgan fingerprint density at radius 1 is 0.625 bits per heavy atom. The third kappa shape index (κ3) is 8.75. The summed E-state index contributed by atoms with van der Waals surface area (Å²) in [5, 5.41) is 6.96. The summed E-state index contributed by atoms with van der Waals surface area (Å²) in [4.78, 5) is 8.25. The van der Waals surface area contributed by atoms with Crippen LogP contribution in [0.25, 0.3) is 0 Å². The van der Waals surface area contributed by atoms with Crippen molar-refractivity contribution in [1.82, 2.24) is 20.6 Å². The van der Waals surface area contributed by atoms with Gasteiger partial charge in [0.2, 0.25) is 0 Å². The second-order valence-electron chi connectivity index (χ2n) is 6.20. The van der Waals surface area contributed by atoms with Gasteiger partial charge in [-0.25, -0.2) is 0 Å². The summed E-state index contributed by atoms with van der Waals surface area (Å²) in [7, 11) is 0. The van der Waals surface area contributed by atoms with Gasteiger partial charge in [0.15, 0.2) is 0 Å². The molecule has 2 aromatic heterocycles. The van der Waals surface area contributed by atoms with E-state index in [2.05, 4.69) is 32.7 Å². The molecule has 2 rings (SSSR count). The first kappa shape index (κ1) is 18.6. The van der Waals surface area contributed by atoms with Gasteiger partial charge in [-0.3, -0.25) is 9.97 Å². The van der Waals surface area contributed by atoms with E-state index >= 15 is 0 Å². The molecule has 0 saturated heterocycles. The molecule has 2 N–H and O–H groups in total. The molecule has 0 radical (unpaired) electrons. The Morgan fingerprint density at radius 2 is 1.08 bits per heavy atom. The van der Waals surface area contributed by atoms with E-state index in [1.807, 2.05) is 36.9 Å². The highest BCUT2D eigenvalue weighted by atomic mass is 14.9. The molecular weight excluding hydrogens is 296 g/mol. The summed E-state index contributed by atoms with van der Waals surface area (Å²) in [6, 6.07) is 8.20. The fourth-order valence-electron chi connectivity index (χ4n) is 2.68. The number of hydrogen-bond donors (Lipinski definition) is 2. The molecule has 0 atom stereocenters. The fraction of sp³-hybridized carbons (Fsp3) is 0.500. The van der Waals surface area contributed by atoms with Crippen LogP contribution >= 0.6 is 0 Å². The number of nitrogens with zero attached hydrogens (tertiary/aromatic N) is 2. The van der Waals surface area contributed by atoms with Crippen LogP contribution in [0, 0.1) is 0 Å². The van der Waals surface area contributed by atoms with Crippen LogP contribution < -0.4 is 10.6 Å². The second kappa shape index (κ2) is 12.6. The van der Waals surface area contributed by atoms with Crippen molar-refractivity contribution >= 4 is 0 Å². The molecular formula is C20H30N4. The minimum atomic E-state index is 0.927. The maximum Gasteiger partial charge on any atom is 0.0312 e. The first-order valence-electron chi connectivity index (χ1n) is 9.14. The summed E-state index contributed by atoms with van der Waals surface area (Å²) in [6.07, 6.45) is 15.3. The lowest BCUT2D eigenvalue weighted by Crippen LogP contribution is -2.15. The van der Waals surface area contributed by atoms with E-state index in [-0.39, 0.29) is 0 Å². The van der Waals surface area contributed by atoms with E-state index in [4.69, 9.17) is 0 Å². The number of unbranched alkanes of at least 4 members (excludes halogenated alkanes) is 5. The van der Waals surface area contributed by atoms with Gasteiger partial charge in [-0.2, -0.15) is 0 Å². The Labute approximate surface area is 146 Å². The predicted molar refractivity (Wildman–Crippen MR) is 99.6 cm³/mol. The van der Waals surface area contributed by atoms with Crippen LogP contribution in [0.2, 0.25) is 0 Å². The average Bonchev–Trinajstić information content (AvgIpc) is 2.64. The van der Waals surface area contributed by atoms with Crippen molar-refractivity contribution in [3.05, 3.63) is 60.2 Å². The smallest absolute Gasteiger partial charge is 0.0312 e. The number of nitrogens with one attached hydrogen (secondary N) is 2. The molecule has 2 heterocycles. The summed E-state index contributed by atoms with van der Waals surface area (Å²) >= 11 is 0. The van der Waals surface area contributed by atoms with E-state index in [1.165, 1.54) is 49.7 Å². The SMILES string of the molecule is c1cncc(CNCCCCCCCCNCc2cccnc2)c1. The molecule has 0 unspecified atom stereocenters. The fourth-order valence-corrected chi connectivity index (χ4v) is 2.68. The zero-order valence-corrected chi connectivity index (χ0v) is 14.6. The Balaban J connectivity index is 1.32. The van der Waals surface area contributed by atoms with Crippen LogP contribution in [0.3, 0.4) is 0 Å². The maximum absolute atomic E-state index is 4.12. The lowest BCUT2D eigenvalue weighted by atomic mass is 10.1. The van der Waals surface area contributed by atoms with Crippen molar-refractivity contribution in [3.63, 3.8) is 0 Å². The molecule has 0 aliphatic rings. The van der Waals surface area contributed by atoms with Gasteiger partial charge in [0.25, 0.3) is 0 Å². The van der Waals surface area contributed by atoms with Crippen molar-refractivity contribution in [1.29, 1.82) is 0 Å². The first-order chi connectivity index (χ1) is 11.9. The minimum absolute atomic E-state index is 0.927. The molecule has 2 aromatic rings. The quantitative estimate of drug-likeness (QED) is 0.551. The van der Waals surface area contributed by atoms with Gasteiger partial charge in [-0.1, -0.05) is 37.8 Å². The van der Waals surface area contributed by atoms with Crippen LogP contribution in [0.5, 0.6) is 0 Å². The number of pyridine rings is 2. The molecule has 4 heteroatoms. The first-order valence-corrected chi connectivity index (χ1v) is 9.14. The highest BCUT2D eigenvalue weighted by molar-refractivity contribution is 5.08. The third-order valence-corrected chi connectivity index (χ3v) is 4.06. The van der Waals surface area contributed by atoms with Crippen LogP contribution in [-0.2, 0) is 13.1 Å². The molecule has 0 aliphatic carbocycles. The summed E-state index contributed by atoms with van der Waals surface area (Å²) in [5.74, 6) is 0. The molecule has 0 saturated carbocycles. The molecule has 0 fully saturated rings. The third-order valence-electron chi connectivity index (χ3n) is 4.06. The highest BCUT2D eigenvalue weighted by Gasteiger charge is 1.95. The Morgan fingerprint density at radius 3 is 1.50 bits per heavy atom. The van der Waals surface area contributed by atoms with Crippen molar-refractivity contribution in [2.75, 3.05) is 13.1 Å². The van der Waals surface area contributed by atoms with E-state index < -0.39 is 0 Å². The molecule has 0 aromatic carbocycles. The molecule has 24 heavy (non-hydrogen) atoms. The standard InChI is InChI=1S/C20H30N4/c1(3-5-11-21-15-19-9-7-13-23-17-19)2-4-6-12-22-16-20-10-8-14-24-18-20/h7-10,13-14,17-18,21-22H,1-6,11-12,15-16H2. The monoisotopic (exact) mass is 326 g/mol. The second-order valence-corrected chi connectivity index (χ2v) is 6.20. The molecule has 130 valence electrons. The minimum Gasteiger partial charge on any atom is -0.313 e. The van der Waals surface area contributed by atoms with Crippen LogP contribution in [-0.4, -0.2) is 23.1 Å². The van der Waals surface area contributed by atoms with E-state index in [0.29, 0.717) is 0 Å². The zero-order chi connectivity index (χ0) is 16.7. The van der Waals surface area contributed by atoms with Gasteiger partial charge in [0.1, 0.15) is 0 Å². The summed E-state index contributed by atoms with van der Waals surface area (Å²) < 4.78 is 0. The van der Waals surface area contributed by atoms with Gasteiger partial charge in [-0.05, 0) is 49.2 Å².